The molecular weight excluding hydrogens is 303 g/mol. The maximum absolute atomic E-state index is 4.43. The molecule has 1 fully saturated rings. The fraction of sp³-hybridized carbons (Fsp3) is 0.471. The lowest BCUT2D eigenvalue weighted by molar-refractivity contribution is 0.347. The molecule has 2 nitrogen and oxygen atoms in total. The van der Waals surface area contributed by atoms with Crippen LogP contribution in [0.3, 0.4) is 0 Å². The third kappa shape index (κ3) is 4.84. The normalized spacial score (nSPS) is 15.2. The van der Waals surface area contributed by atoms with Crippen LogP contribution in [-0.2, 0) is 6.42 Å². The number of hydrogen-bond donors (Lipinski definition) is 1. The molecule has 0 radical (unpaired) electrons. The van der Waals surface area contributed by atoms with E-state index in [9.17, 15) is 0 Å². The van der Waals surface area contributed by atoms with Crippen LogP contribution < -0.4 is 5.32 Å². The Bertz CT molecular complexity index is 534. The summed E-state index contributed by atoms with van der Waals surface area (Å²) < 4.78 is 0. The Balaban J connectivity index is 0.00000110. The summed E-state index contributed by atoms with van der Waals surface area (Å²) in [5.74, 6) is 0.939. The predicted octanol–water partition coefficient (Wildman–Crippen LogP) is 4.40. The first-order valence-corrected chi connectivity index (χ1v) is 7.47. The lowest BCUT2D eigenvalue weighted by atomic mass is 9.91. The van der Waals surface area contributed by atoms with E-state index in [0.29, 0.717) is 0 Å². The van der Waals surface area contributed by atoms with E-state index >= 15 is 0 Å². The van der Waals surface area contributed by atoms with Crippen molar-refractivity contribution >= 4 is 35.7 Å². The van der Waals surface area contributed by atoms with Crippen molar-refractivity contribution in [3.05, 3.63) is 42.1 Å². The zero-order valence-corrected chi connectivity index (χ0v) is 13.9. The van der Waals surface area contributed by atoms with Gasteiger partial charge in [-0.25, -0.2) is 0 Å². The van der Waals surface area contributed by atoms with Crippen LogP contribution in [-0.4, -0.2) is 18.1 Å². The van der Waals surface area contributed by atoms with Crippen LogP contribution in [0.5, 0.6) is 0 Å². The first kappa shape index (κ1) is 18.2. The second kappa shape index (κ2) is 9.24. The number of aryl methyl sites for hydroxylation is 1. The molecule has 0 saturated carbocycles. The highest BCUT2D eigenvalue weighted by Gasteiger charge is 2.12. The Hall–Kier alpha value is -0.830. The molecule has 1 aliphatic rings. The second-order valence-electron chi connectivity index (χ2n) is 5.57. The Morgan fingerprint density at radius 3 is 2.62 bits per heavy atom. The van der Waals surface area contributed by atoms with Gasteiger partial charge < -0.3 is 5.32 Å². The largest absolute Gasteiger partial charge is 0.317 e. The molecule has 21 heavy (non-hydrogen) atoms. The molecule has 1 aromatic carbocycles. The third-order valence-corrected chi connectivity index (χ3v) is 4.26. The van der Waals surface area contributed by atoms with Gasteiger partial charge in [0.1, 0.15) is 0 Å². The van der Waals surface area contributed by atoms with Gasteiger partial charge in [-0.1, -0.05) is 24.6 Å². The molecule has 4 heteroatoms. The number of nitrogens with one attached hydrogen (secondary N) is 1. The van der Waals surface area contributed by atoms with Gasteiger partial charge in [0.2, 0.25) is 0 Å². The molecular formula is C17H24Cl2N2. The van der Waals surface area contributed by atoms with Crippen LogP contribution in [0, 0.1) is 5.92 Å². The van der Waals surface area contributed by atoms with E-state index < -0.39 is 0 Å². The van der Waals surface area contributed by atoms with Crippen molar-refractivity contribution < 1.29 is 0 Å². The van der Waals surface area contributed by atoms with Gasteiger partial charge in [0.05, 0.1) is 5.52 Å². The summed E-state index contributed by atoms with van der Waals surface area (Å²) in [4.78, 5) is 4.43. The SMILES string of the molecule is Cl.Cl.c1ccc2c(CCCC3CCNCC3)ccnc2c1. The summed E-state index contributed by atoms with van der Waals surface area (Å²) in [7, 11) is 0. The molecule has 2 aromatic rings. The zero-order valence-electron chi connectivity index (χ0n) is 12.3. The minimum Gasteiger partial charge on any atom is -0.317 e. The number of benzene rings is 1. The standard InChI is InChI=1S/C17H22N2.2ClH/c1-2-7-17-16(6-1)15(10-13-19-17)5-3-4-14-8-11-18-12-9-14;;/h1-2,6-7,10,13-14,18H,3-5,8-9,11-12H2;2*1H. The quantitative estimate of drug-likeness (QED) is 0.900. The van der Waals surface area contributed by atoms with Crippen LogP contribution in [0.15, 0.2) is 36.5 Å². The summed E-state index contributed by atoms with van der Waals surface area (Å²) >= 11 is 0. The van der Waals surface area contributed by atoms with Crippen LogP contribution in [0.4, 0.5) is 0 Å². The maximum Gasteiger partial charge on any atom is 0.0704 e. The highest BCUT2D eigenvalue weighted by Crippen LogP contribution is 2.22. The lowest BCUT2D eigenvalue weighted by Gasteiger charge is -2.22. The summed E-state index contributed by atoms with van der Waals surface area (Å²) in [6.07, 6.45) is 8.53. The van der Waals surface area contributed by atoms with Crippen molar-refractivity contribution in [2.75, 3.05) is 13.1 Å². The third-order valence-electron chi connectivity index (χ3n) is 4.26. The molecule has 116 valence electrons. The fourth-order valence-electron chi connectivity index (χ4n) is 3.12. The topological polar surface area (TPSA) is 24.9 Å². The molecule has 0 spiro atoms. The number of nitrogens with zero attached hydrogens (tertiary/aromatic N) is 1. The van der Waals surface area contributed by atoms with E-state index in [4.69, 9.17) is 0 Å². The average Bonchev–Trinajstić information content (AvgIpc) is 2.49. The highest BCUT2D eigenvalue weighted by molar-refractivity contribution is 5.85. The first-order valence-electron chi connectivity index (χ1n) is 7.47. The van der Waals surface area contributed by atoms with Gasteiger partial charge in [-0.05, 0) is 62.4 Å². The van der Waals surface area contributed by atoms with Crippen molar-refractivity contribution in [1.29, 1.82) is 0 Å². The van der Waals surface area contributed by atoms with E-state index in [1.165, 1.54) is 56.1 Å². The van der Waals surface area contributed by atoms with E-state index in [1.54, 1.807) is 0 Å². The number of halogens is 2. The Morgan fingerprint density at radius 1 is 1.05 bits per heavy atom. The number of rotatable bonds is 4. The van der Waals surface area contributed by atoms with Crippen molar-refractivity contribution in [2.24, 2.45) is 5.92 Å². The summed E-state index contributed by atoms with van der Waals surface area (Å²) in [5, 5.41) is 4.77. The molecule has 1 aromatic heterocycles. The molecule has 0 unspecified atom stereocenters. The number of fused-ring (bicyclic) bond motifs is 1. The molecule has 0 aliphatic carbocycles. The van der Waals surface area contributed by atoms with Crippen molar-refractivity contribution in [2.45, 2.75) is 32.1 Å². The van der Waals surface area contributed by atoms with E-state index in [0.717, 1.165) is 11.4 Å². The smallest absolute Gasteiger partial charge is 0.0704 e. The van der Waals surface area contributed by atoms with Gasteiger partial charge in [0.25, 0.3) is 0 Å². The van der Waals surface area contributed by atoms with Gasteiger partial charge in [-0.2, -0.15) is 0 Å². The zero-order chi connectivity index (χ0) is 12.9. The maximum atomic E-state index is 4.43. The lowest BCUT2D eigenvalue weighted by Crippen LogP contribution is -2.27. The van der Waals surface area contributed by atoms with Gasteiger partial charge in [-0.3, -0.25) is 4.98 Å². The summed E-state index contributed by atoms with van der Waals surface area (Å²) in [6, 6.07) is 10.7. The Morgan fingerprint density at radius 2 is 1.81 bits per heavy atom. The average molecular weight is 327 g/mol. The van der Waals surface area contributed by atoms with E-state index in [-0.39, 0.29) is 24.8 Å². The predicted molar refractivity (Wildman–Crippen MR) is 94.8 cm³/mol. The molecule has 0 amide bonds. The van der Waals surface area contributed by atoms with Crippen LogP contribution in [0.2, 0.25) is 0 Å². The van der Waals surface area contributed by atoms with Crippen molar-refractivity contribution in [3.8, 4) is 0 Å². The minimum absolute atomic E-state index is 0. The van der Waals surface area contributed by atoms with Gasteiger partial charge in [0, 0.05) is 11.6 Å². The second-order valence-corrected chi connectivity index (χ2v) is 5.57. The first-order chi connectivity index (χ1) is 9.43. The molecule has 3 rings (SSSR count). The molecule has 0 atom stereocenters. The van der Waals surface area contributed by atoms with Crippen LogP contribution in [0.1, 0.15) is 31.2 Å². The summed E-state index contributed by atoms with van der Waals surface area (Å²) in [5.41, 5.74) is 2.58. The minimum atomic E-state index is 0. The number of hydrogen-bond acceptors (Lipinski definition) is 2. The van der Waals surface area contributed by atoms with Gasteiger partial charge >= 0.3 is 0 Å². The number of piperidine rings is 1. The van der Waals surface area contributed by atoms with Gasteiger partial charge in [-0.15, -0.1) is 24.8 Å². The van der Waals surface area contributed by atoms with Crippen molar-refractivity contribution in [3.63, 3.8) is 0 Å². The van der Waals surface area contributed by atoms with Crippen LogP contribution in [0.25, 0.3) is 10.9 Å². The van der Waals surface area contributed by atoms with Gasteiger partial charge in [0.15, 0.2) is 0 Å². The Kier molecular flexibility index (Phi) is 8.02. The molecule has 0 bridgehead atoms. The van der Waals surface area contributed by atoms with E-state index in [1.807, 2.05) is 6.20 Å². The highest BCUT2D eigenvalue weighted by atomic mass is 35.5. The number of para-hydroxylation sites is 1. The van der Waals surface area contributed by atoms with Crippen LogP contribution >= 0.6 is 24.8 Å². The summed E-state index contributed by atoms with van der Waals surface area (Å²) in [6.45, 7) is 2.42. The molecule has 2 heterocycles. The number of aromatic nitrogens is 1. The number of pyridine rings is 1. The monoisotopic (exact) mass is 326 g/mol. The van der Waals surface area contributed by atoms with Crippen molar-refractivity contribution in [1.82, 2.24) is 10.3 Å². The molecule has 1 N–H and O–H groups in total. The Labute approximate surface area is 139 Å². The van der Waals surface area contributed by atoms with E-state index in [2.05, 4.69) is 40.6 Å². The fourth-order valence-corrected chi connectivity index (χ4v) is 3.12. The molecule has 1 aliphatic heterocycles. The molecule has 1 saturated heterocycles.